The van der Waals surface area contributed by atoms with Gasteiger partial charge < -0.3 is 14.8 Å². The Morgan fingerprint density at radius 2 is 1.68 bits per heavy atom. The fourth-order valence-corrected chi connectivity index (χ4v) is 3.03. The summed E-state index contributed by atoms with van der Waals surface area (Å²) in [5.41, 5.74) is 2.63. The van der Waals surface area contributed by atoms with E-state index in [1.807, 2.05) is 0 Å². The Morgan fingerprint density at radius 3 is 2.36 bits per heavy atom. The van der Waals surface area contributed by atoms with Crippen LogP contribution in [0.4, 0.5) is 11.6 Å². The third-order valence-electron chi connectivity index (χ3n) is 4.53. The topological polar surface area (TPSA) is 86.7 Å². The molecule has 1 N–H and O–H groups in total. The SMILES string of the molecule is CC(C)(C)c1ccc(N2CCN(c3ncnc4nc[nH]c34)CC2)nn1. The first-order valence-electron chi connectivity index (χ1n) is 8.50. The van der Waals surface area contributed by atoms with Gasteiger partial charge in [0, 0.05) is 31.6 Å². The minimum Gasteiger partial charge on any atom is -0.352 e. The number of nitrogens with one attached hydrogen (secondary N) is 1. The van der Waals surface area contributed by atoms with Crippen molar-refractivity contribution in [3.63, 3.8) is 0 Å². The first kappa shape index (κ1) is 15.7. The van der Waals surface area contributed by atoms with Crippen LogP contribution < -0.4 is 9.80 Å². The van der Waals surface area contributed by atoms with Crippen LogP contribution in [-0.4, -0.2) is 56.3 Å². The lowest BCUT2D eigenvalue weighted by molar-refractivity contribution is 0.556. The Bertz CT molecular complexity index is 856. The van der Waals surface area contributed by atoms with Crippen molar-refractivity contribution in [3.8, 4) is 0 Å². The Balaban J connectivity index is 1.47. The molecule has 0 bridgehead atoms. The fraction of sp³-hybridized carbons (Fsp3) is 0.471. The summed E-state index contributed by atoms with van der Waals surface area (Å²) in [5.74, 6) is 1.85. The van der Waals surface area contributed by atoms with Gasteiger partial charge in [0.2, 0.25) is 0 Å². The van der Waals surface area contributed by atoms with Crippen molar-refractivity contribution in [2.24, 2.45) is 0 Å². The van der Waals surface area contributed by atoms with Gasteiger partial charge in [-0.3, -0.25) is 0 Å². The van der Waals surface area contributed by atoms with Crippen LogP contribution in [0.25, 0.3) is 11.2 Å². The summed E-state index contributed by atoms with van der Waals surface area (Å²) in [6.45, 7) is 9.93. The Kier molecular flexibility index (Phi) is 3.74. The minimum atomic E-state index is 0.0205. The predicted molar refractivity (Wildman–Crippen MR) is 96.8 cm³/mol. The van der Waals surface area contributed by atoms with Crippen molar-refractivity contribution in [2.75, 3.05) is 36.0 Å². The molecule has 1 fully saturated rings. The van der Waals surface area contributed by atoms with E-state index in [1.165, 1.54) is 0 Å². The molecule has 8 nitrogen and oxygen atoms in total. The lowest BCUT2D eigenvalue weighted by Crippen LogP contribution is -2.47. The first-order valence-corrected chi connectivity index (χ1v) is 8.50. The van der Waals surface area contributed by atoms with Crippen LogP contribution in [0.3, 0.4) is 0 Å². The van der Waals surface area contributed by atoms with Crippen molar-refractivity contribution in [1.29, 1.82) is 0 Å². The second-order valence-electron chi connectivity index (χ2n) is 7.30. The van der Waals surface area contributed by atoms with Gasteiger partial charge in [-0.2, -0.15) is 5.10 Å². The molecule has 1 saturated heterocycles. The molecule has 3 aromatic rings. The third kappa shape index (κ3) is 2.99. The summed E-state index contributed by atoms with van der Waals surface area (Å²) < 4.78 is 0. The summed E-state index contributed by atoms with van der Waals surface area (Å²) in [7, 11) is 0. The largest absolute Gasteiger partial charge is 0.352 e. The quantitative estimate of drug-likeness (QED) is 0.762. The number of aromatic nitrogens is 6. The van der Waals surface area contributed by atoms with Gasteiger partial charge in [0.05, 0.1) is 12.0 Å². The van der Waals surface area contributed by atoms with E-state index in [2.05, 4.69) is 72.8 Å². The highest BCUT2D eigenvalue weighted by atomic mass is 15.3. The predicted octanol–water partition coefficient (Wildman–Crippen LogP) is 1.77. The maximum absolute atomic E-state index is 4.44. The van der Waals surface area contributed by atoms with E-state index in [9.17, 15) is 0 Å². The van der Waals surface area contributed by atoms with E-state index < -0.39 is 0 Å². The highest BCUT2D eigenvalue weighted by Crippen LogP contribution is 2.24. The molecule has 0 aromatic carbocycles. The molecule has 3 aromatic heterocycles. The molecule has 0 saturated carbocycles. The van der Waals surface area contributed by atoms with Crippen LogP contribution in [0.2, 0.25) is 0 Å². The van der Waals surface area contributed by atoms with Gasteiger partial charge in [0.15, 0.2) is 17.3 Å². The zero-order chi connectivity index (χ0) is 17.4. The average Bonchev–Trinajstić information content (AvgIpc) is 3.10. The Morgan fingerprint density at radius 1 is 0.920 bits per heavy atom. The van der Waals surface area contributed by atoms with Gasteiger partial charge in [0.25, 0.3) is 0 Å². The van der Waals surface area contributed by atoms with Gasteiger partial charge >= 0.3 is 0 Å². The molecule has 0 atom stereocenters. The first-order chi connectivity index (χ1) is 12.0. The molecule has 0 unspecified atom stereocenters. The molecule has 25 heavy (non-hydrogen) atoms. The molecular formula is C17H22N8. The molecule has 0 spiro atoms. The second kappa shape index (κ2) is 5.94. The molecule has 4 rings (SSSR count). The van der Waals surface area contributed by atoms with E-state index in [4.69, 9.17) is 0 Å². The zero-order valence-electron chi connectivity index (χ0n) is 14.8. The number of fused-ring (bicyclic) bond motifs is 1. The van der Waals surface area contributed by atoms with Crippen molar-refractivity contribution in [3.05, 3.63) is 30.5 Å². The molecule has 1 aliphatic rings. The summed E-state index contributed by atoms with van der Waals surface area (Å²) in [5, 5.41) is 8.82. The lowest BCUT2D eigenvalue weighted by atomic mass is 9.92. The summed E-state index contributed by atoms with van der Waals surface area (Å²) >= 11 is 0. The van der Waals surface area contributed by atoms with E-state index >= 15 is 0 Å². The third-order valence-corrected chi connectivity index (χ3v) is 4.53. The molecule has 4 heterocycles. The number of imidazole rings is 1. The van der Waals surface area contributed by atoms with Crippen LogP contribution in [0.1, 0.15) is 26.5 Å². The number of nitrogens with zero attached hydrogens (tertiary/aromatic N) is 7. The highest BCUT2D eigenvalue weighted by molar-refractivity contribution is 5.82. The lowest BCUT2D eigenvalue weighted by Gasteiger charge is -2.35. The molecule has 8 heteroatoms. The fourth-order valence-electron chi connectivity index (χ4n) is 3.03. The molecule has 0 amide bonds. The van der Waals surface area contributed by atoms with Gasteiger partial charge in [-0.25, -0.2) is 15.0 Å². The van der Waals surface area contributed by atoms with Crippen LogP contribution in [0, 0.1) is 0 Å². The van der Waals surface area contributed by atoms with E-state index in [-0.39, 0.29) is 5.41 Å². The summed E-state index contributed by atoms with van der Waals surface area (Å²) in [4.78, 5) is 20.5. The smallest absolute Gasteiger partial charge is 0.182 e. The normalized spacial score (nSPS) is 15.8. The van der Waals surface area contributed by atoms with Gasteiger partial charge in [-0.05, 0) is 12.1 Å². The van der Waals surface area contributed by atoms with Crippen LogP contribution in [0.5, 0.6) is 0 Å². The van der Waals surface area contributed by atoms with Gasteiger partial charge in [-0.15, -0.1) is 5.10 Å². The Hall–Kier alpha value is -2.77. The molecule has 0 radical (unpaired) electrons. The standard InChI is InChI=1S/C17H22N8/c1-17(2,3)12-4-5-13(23-22-12)24-6-8-25(9-7-24)16-14-15(19-10-18-14)20-11-21-16/h4-5,10-11H,6-9H2,1-3H3,(H,18,19,20,21). The number of rotatable bonds is 2. The number of anilines is 2. The summed E-state index contributed by atoms with van der Waals surface area (Å²) in [6, 6.07) is 4.15. The highest BCUT2D eigenvalue weighted by Gasteiger charge is 2.22. The average molecular weight is 338 g/mol. The number of aromatic amines is 1. The van der Waals surface area contributed by atoms with E-state index in [0.29, 0.717) is 5.65 Å². The van der Waals surface area contributed by atoms with Crippen molar-refractivity contribution in [1.82, 2.24) is 30.1 Å². The van der Waals surface area contributed by atoms with Gasteiger partial charge in [0.1, 0.15) is 11.8 Å². The molecule has 0 aliphatic carbocycles. The monoisotopic (exact) mass is 338 g/mol. The number of H-pyrrole nitrogens is 1. The zero-order valence-corrected chi connectivity index (χ0v) is 14.8. The molecular weight excluding hydrogens is 316 g/mol. The van der Waals surface area contributed by atoms with E-state index in [0.717, 1.165) is 49.0 Å². The second-order valence-corrected chi connectivity index (χ2v) is 7.30. The van der Waals surface area contributed by atoms with Crippen LogP contribution >= 0.6 is 0 Å². The number of hydrogen-bond donors (Lipinski definition) is 1. The van der Waals surface area contributed by atoms with Crippen LogP contribution in [0.15, 0.2) is 24.8 Å². The van der Waals surface area contributed by atoms with Gasteiger partial charge in [-0.1, -0.05) is 20.8 Å². The maximum Gasteiger partial charge on any atom is 0.182 e. The molecule has 1 aliphatic heterocycles. The van der Waals surface area contributed by atoms with Crippen molar-refractivity contribution < 1.29 is 0 Å². The van der Waals surface area contributed by atoms with Crippen molar-refractivity contribution in [2.45, 2.75) is 26.2 Å². The van der Waals surface area contributed by atoms with Crippen LogP contribution in [-0.2, 0) is 5.41 Å². The summed E-state index contributed by atoms with van der Waals surface area (Å²) in [6.07, 6.45) is 3.23. The molecule has 130 valence electrons. The van der Waals surface area contributed by atoms with E-state index in [1.54, 1.807) is 12.7 Å². The minimum absolute atomic E-state index is 0.0205. The number of hydrogen-bond acceptors (Lipinski definition) is 7. The van der Waals surface area contributed by atoms with Crippen molar-refractivity contribution >= 4 is 22.8 Å². The maximum atomic E-state index is 4.44. The number of piperazine rings is 1. The Labute approximate surface area is 146 Å².